The lowest BCUT2D eigenvalue weighted by atomic mass is 10.2. The highest BCUT2D eigenvalue weighted by atomic mass is 35.5. The van der Waals surface area contributed by atoms with Crippen molar-refractivity contribution in [2.45, 2.75) is 6.92 Å². The van der Waals surface area contributed by atoms with Crippen molar-refractivity contribution in [1.29, 1.82) is 0 Å². The number of fused-ring (bicyclic) bond motifs is 1. The summed E-state index contributed by atoms with van der Waals surface area (Å²) in [5, 5.41) is 4.22. The van der Waals surface area contributed by atoms with Crippen LogP contribution in [0.3, 0.4) is 0 Å². The molecule has 1 N–H and O–H groups in total. The number of aromatic nitrogens is 2. The number of nitrogens with one attached hydrogen (secondary N) is 1. The third-order valence-electron chi connectivity index (χ3n) is 2.81. The van der Waals surface area contributed by atoms with E-state index in [9.17, 15) is 4.79 Å². The number of anilines is 1. The van der Waals surface area contributed by atoms with Gasteiger partial charge in [0.05, 0.1) is 20.8 Å². The third-order valence-corrected chi connectivity index (χ3v) is 4.29. The highest BCUT2D eigenvalue weighted by molar-refractivity contribution is 7.22. The van der Waals surface area contributed by atoms with E-state index in [0.29, 0.717) is 20.7 Å². The van der Waals surface area contributed by atoms with Gasteiger partial charge in [0.15, 0.2) is 5.13 Å². The number of nitrogens with zero attached hydrogens (tertiary/aromatic N) is 2. The number of pyridine rings is 1. The van der Waals surface area contributed by atoms with Gasteiger partial charge in [0.25, 0.3) is 5.91 Å². The van der Waals surface area contributed by atoms with Crippen LogP contribution in [0.2, 0.25) is 10.0 Å². The summed E-state index contributed by atoms with van der Waals surface area (Å²) in [6.45, 7) is 1.81. The molecular weight excluding hydrogens is 329 g/mol. The number of thiazole rings is 1. The Labute approximate surface area is 134 Å². The Morgan fingerprint density at radius 3 is 2.86 bits per heavy atom. The Morgan fingerprint density at radius 2 is 2.10 bits per heavy atom. The SMILES string of the molecule is Cc1cc(Cl)c(C(=O)Nc2nc3ccc(Cl)cc3s2)cn1. The van der Waals surface area contributed by atoms with Crippen LogP contribution in [-0.2, 0) is 0 Å². The summed E-state index contributed by atoms with van der Waals surface area (Å²) >= 11 is 13.3. The molecule has 0 aliphatic rings. The number of carbonyl (C=O) groups is 1. The van der Waals surface area contributed by atoms with Crippen LogP contribution in [0, 0.1) is 6.92 Å². The predicted octanol–water partition coefficient (Wildman–Crippen LogP) is 4.56. The minimum Gasteiger partial charge on any atom is -0.298 e. The van der Waals surface area contributed by atoms with Crippen LogP contribution in [0.15, 0.2) is 30.5 Å². The van der Waals surface area contributed by atoms with Crippen molar-refractivity contribution in [1.82, 2.24) is 9.97 Å². The standard InChI is InChI=1S/C14H9Cl2N3OS/c1-7-4-10(16)9(6-17-7)13(20)19-14-18-11-3-2-8(15)5-12(11)21-14/h2-6H,1H3,(H,18,19,20). The third kappa shape index (κ3) is 3.00. The topological polar surface area (TPSA) is 54.9 Å². The molecule has 0 saturated carbocycles. The molecule has 0 unspecified atom stereocenters. The van der Waals surface area contributed by atoms with E-state index in [1.165, 1.54) is 17.5 Å². The second-order valence-corrected chi connectivity index (χ2v) is 6.27. The largest absolute Gasteiger partial charge is 0.298 e. The fourth-order valence-electron chi connectivity index (χ4n) is 1.81. The number of hydrogen-bond acceptors (Lipinski definition) is 4. The number of benzene rings is 1. The predicted molar refractivity (Wildman–Crippen MR) is 86.6 cm³/mol. The molecule has 106 valence electrons. The zero-order chi connectivity index (χ0) is 15.0. The first kappa shape index (κ1) is 14.3. The van der Waals surface area contributed by atoms with Crippen molar-refractivity contribution in [3.63, 3.8) is 0 Å². The molecule has 3 rings (SSSR count). The van der Waals surface area contributed by atoms with Crippen LogP contribution in [0.5, 0.6) is 0 Å². The van der Waals surface area contributed by atoms with Gasteiger partial charge in [-0.25, -0.2) is 4.98 Å². The molecule has 1 aromatic carbocycles. The lowest BCUT2D eigenvalue weighted by molar-refractivity contribution is 0.102. The van der Waals surface area contributed by atoms with Gasteiger partial charge >= 0.3 is 0 Å². The molecule has 1 amide bonds. The van der Waals surface area contributed by atoms with Crippen molar-refractivity contribution in [3.8, 4) is 0 Å². The lowest BCUT2D eigenvalue weighted by Crippen LogP contribution is -2.12. The summed E-state index contributed by atoms with van der Waals surface area (Å²) in [4.78, 5) is 20.6. The Morgan fingerprint density at radius 1 is 1.29 bits per heavy atom. The monoisotopic (exact) mass is 337 g/mol. The summed E-state index contributed by atoms with van der Waals surface area (Å²) < 4.78 is 0.908. The Hall–Kier alpha value is -1.69. The average Bonchev–Trinajstić information content (AvgIpc) is 2.79. The first-order chi connectivity index (χ1) is 10.0. The maximum Gasteiger partial charge on any atom is 0.260 e. The second-order valence-electron chi connectivity index (χ2n) is 4.39. The number of amides is 1. The fourth-order valence-corrected chi connectivity index (χ4v) is 3.24. The van der Waals surface area contributed by atoms with Gasteiger partial charge < -0.3 is 0 Å². The normalized spacial score (nSPS) is 10.8. The Balaban J connectivity index is 1.89. The summed E-state index contributed by atoms with van der Waals surface area (Å²) in [6.07, 6.45) is 1.46. The Kier molecular flexibility index (Phi) is 3.80. The molecule has 0 saturated heterocycles. The van der Waals surface area contributed by atoms with E-state index in [1.54, 1.807) is 12.1 Å². The quantitative estimate of drug-likeness (QED) is 0.745. The Bertz CT molecular complexity index is 847. The van der Waals surface area contributed by atoms with E-state index < -0.39 is 0 Å². The van der Waals surface area contributed by atoms with Crippen molar-refractivity contribution in [2.24, 2.45) is 0 Å². The van der Waals surface area contributed by atoms with Crippen LogP contribution in [-0.4, -0.2) is 15.9 Å². The van der Waals surface area contributed by atoms with Gasteiger partial charge in [-0.1, -0.05) is 34.5 Å². The van der Waals surface area contributed by atoms with E-state index in [-0.39, 0.29) is 5.91 Å². The van der Waals surface area contributed by atoms with Crippen molar-refractivity contribution < 1.29 is 4.79 Å². The minimum absolute atomic E-state index is 0.319. The summed E-state index contributed by atoms with van der Waals surface area (Å²) in [5.74, 6) is -0.336. The number of halogens is 2. The lowest BCUT2D eigenvalue weighted by Gasteiger charge is -2.03. The van der Waals surface area contributed by atoms with Crippen LogP contribution in [0.4, 0.5) is 5.13 Å². The van der Waals surface area contributed by atoms with E-state index in [1.807, 2.05) is 19.1 Å². The fraction of sp³-hybridized carbons (Fsp3) is 0.0714. The van der Waals surface area contributed by atoms with Crippen LogP contribution in [0.1, 0.15) is 16.1 Å². The van der Waals surface area contributed by atoms with Crippen molar-refractivity contribution in [2.75, 3.05) is 5.32 Å². The molecule has 2 heterocycles. The van der Waals surface area contributed by atoms with E-state index in [0.717, 1.165) is 15.9 Å². The highest BCUT2D eigenvalue weighted by Gasteiger charge is 2.13. The molecule has 0 aliphatic carbocycles. The molecule has 0 atom stereocenters. The maximum absolute atomic E-state index is 12.2. The van der Waals surface area contributed by atoms with Gasteiger partial charge in [-0.15, -0.1) is 0 Å². The van der Waals surface area contributed by atoms with E-state index in [2.05, 4.69) is 15.3 Å². The number of hydrogen-bond donors (Lipinski definition) is 1. The number of aryl methyl sites for hydroxylation is 1. The molecule has 4 nitrogen and oxygen atoms in total. The molecule has 0 fully saturated rings. The maximum atomic E-state index is 12.2. The molecule has 0 spiro atoms. The molecule has 3 aromatic rings. The van der Waals surface area contributed by atoms with Crippen molar-refractivity contribution >= 4 is 55.8 Å². The van der Waals surface area contributed by atoms with Crippen LogP contribution in [0.25, 0.3) is 10.2 Å². The van der Waals surface area contributed by atoms with Gasteiger partial charge in [-0.3, -0.25) is 15.1 Å². The summed E-state index contributed by atoms with van der Waals surface area (Å²) in [5.41, 5.74) is 1.86. The van der Waals surface area contributed by atoms with Gasteiger partial charge in [0.1, 0.15) is 0 Å². The second kappa shape index (κ2) is 5.60. The molecule has 0 bridgehead atoms. The molecular formula is C14H9Cl2N3OS. The first-order valence-electron chi connectivity index (χ1n) is 6.02. The first-order valence-corrected chi connectivity index (χ1v) is 7.60. The van der Waals surface area contributed by atoms with Crippen LogP contribution < -0.4 is 5.32 Å². The molecule has 0 radical (unpaired) electrons. The highest BCUT2D eigenvalue weighted by Crippen LogP contribution is 2.29. The zero-order valence-corrected chi connectivity index (χ0v) is 13.2. The summed E-state index contributed by atoms with van der Waals surface area (Å²) in [7, 11) is 0. The van der Waals surface area contributed by atoms with Gasteiger partial charge in [0, 0.05) is 16.9 Å². The van der Waals surface area contributed by atoms with Crippen LogP contribution >= 0.6 is 34.5 Å². The van der Waals surface area contributed by atoms with Crippen molar-refractivity contribution in [3.05, 3.63) is 51.8 Å². The van der Waals surface area contributed by atoms with E-state index >= 15 is 0 Å². The minimum atomic E-state index is -0.336. The summed E-state index contributed by atoms with van der Waals surface area (Å²) in [6, 6.07) is 7.03. The molecule has 21 heavy (non-hydrogen) atoms. The molecule has 0 aliphatic heterocycles. The van der Waals surface area contributed by atoms with Gasteiger partial charge in [0.2, 0.25) is 0 Å². The van der Waals surface area contributed by atoms with Gasteiger partial charge in [-0.05, 0) is 31.2 Å². The molecule has 7 heteroatoms. The average molecular weight is 338 g/mol. The smallest absolute Gasteiger partial charge is 0.260 e. The zero-order valence-electron chi connectivity index (χ0n) is 10.9. The number of rotatable bonds is 2. The molecule has 2 aromatic heterocycles. The van der Waals surface area contributed by atoms with E-state index in [4.69, 9.17) is 23.2 Å². The van der Waals surface area contributed by atoms with Gasteiger partial charge in [-0.2, -0.15) is 0 Å². The number of carbonyl (C=O) groups excluding carboxylic acids is 1.